The molecule has 20 heavy (non-hydrogen) atoms. The topological polar surface area (TPSA) is 78.4 Å². The highest BCUT2D eigenvalue weighted by atomic mass is 16.4. The fraction of sp³-hybridized carbons (Fsp3) is 0.867. The van der Waals surface area contributed by atoms with Gasteiger partial charge in [-0.15, -0.1) is 0 Å². The second kappa shape index (κ2) is 6.95. The van der Waals surface area contributed by atoms with E-state index >= 15 is 0 Å². The zero-order valence-corrected chi connectivity index (χ0v) is 12.2. The Morgan fingerprint density at radius 2 is 1.85 bits per heavy atom. The molecule has 0 bridgehead atoms. The minimum atomic E-state index is -0.795. The number of carboxylic acid groups (broad SMARTS) is 1. The highest BCUT2D eigenvalue weighted by molar-refractivity contribution is 5.77. The highest BCUT2D eigenvalue weighted by Crippen LogP contribution is 2.27. The van der Waals surface area contributed by atoms with Crippen LogP contribution in [0.4, 0.5) is 4.79 Å². The van der Waals surface area contributed by atoms with Crippen LogP contribution in [0.1, 0.15) is 58.3 Å². The van der Waals surface area contributed by atoms with Gasteiger partial charge >= 0.3 is 12.0 Å². The van der Waals surface area contributed by atoms with Crippen molar-refractivity contribution >= 4 is 12.0 Å². The molecule has 5 heteroatoms. The van der Waals surface area contributed by atoms with Crippen LogP contribution in [-0.2, 0) is 4.79 Å². The van der Waals surface area contributed by atoms with Crippen molar-refractivity contribution in [3.63, 3.8) is 0 Å². The molecular formula is C15H26N2O3. The minimum Gasteiger partial charge on any atom is -0.481 e. The van der Waals surface area contributed by atoms with Gasteiger partial charge in [-0.2, -0.15) is 0 Å². The summed E-state index contributed by atoms with van der Waals surface area (Å²) in [5.41, 5.74) is 0. The Hall–Kier alpha value is -1.26. The summed E-state index contributed by atoms with van der Waals surface area (Å²) in [6, 6.07) is -0.152. The highest BCUT2D eigenvalue weighted by Gasteiger charge is 2.34. The maximum atomic E-state index is 12.0. The van der Waals surface area contributed by atoms with Crippen LogP contribution in [0.3, 0.4) is 0 Å². The maximum Gasteiger partial charge on any atom is 0.315 e. The molecule has 2 aliphatic carbocycles. The summed E-state index contributed by atoms with van der Waals surface area (Å²) in [7, 11) is 0. The molecule has 0 aromatic rings. The molecular weight excluding hydrogens is 256 g/mol. The summed E-state index contributed by atoms with van der Waals surface area (Å²) in [6.07, 6.45) is 8.01. The lowest BCUT2D eigenvalue weighted by Gasteiger charge is -2.29. The molecule has 0 radical (unpaired) electrons. The van der Waals surface area contributed by atoms with Crippen molar-refractivity contribution in [3.05, 3.63) is 0 Å². The summed E-state index contributed by atoms with van der Waals surface area (Å²) < 4.78 is 0. The van der Waals surface area contributed by atoms with Crippen molar-refractivity contribution in [1.82, 2.24) is 10.6 Å². The van der Waals surface area contributed by atoms with E-state index in [1.165, 1.54) is 19.3 Å². The van der Waals surface area contributed by atoms with Crippen LogP contribution in [0.2, 0.25) is 0 Å². The molecule has 5 nitrogen and oxygen atoms in total. The molecule has 0 aromatic carbocycles. The van der Waals surface area contributed by atoms with Gasteiger partial charge in [0.05, 0.1) is 5.92 Å². The monoisotopic (exact) mass is 282 g/mol. The predicted molar refractivity (Wildman–Crippen MR) is 76.5 cm³/mol. The van der Waals surface area contributed by atoms with Crippen molar-refractivity contribution in [2.75, 3.05) is 0 Å². The zero-order valence-electron chi connectivity index (χ0n) is 12.2. The molecule has 2 fully saturated rings. The number of hydrogen-bond acceptors (Lipinski definition) is 2. The summed E-state index contributed by atoms with van der Waals surface area (Å²) in [6.45, 7) is 2.20. The van der Waals surface area contributed by atoms with Crippen LogP contribution in [0.15, 0.2) is 0 Å². The third-order valence-corrected chi connectivity index (χ3v) is 4.85. The first-order valence-electron chi connectivity index (χ1n) is 7.90. The van der Waals surface area contributed by atoms with Crippen LogP contribution in [-0.4, -0.2) is 29.2 Å². The Balaban J connectivity index is 1.78. The predicted octanol–water partition coefficient (Wildman–Crippen LogP) is 2.51. The van der Waals surface area contributed by atoms with Crippen LogP contribution < -0.4 is 10.6 Å². The molecule has 2 aliphatic rings. The Morgan fingerprint density at radius 1 is 1.10 bits per heavy atom. The van der Waals surface area contributed by atoms with Gasteiger partial charge in [0.25, 0.3) is 0 Å². The number of hydrogen-bond donors (Lipinski definition) is 3. The van der Waals surface area contributed by atoms with Crippen molar-refractivity contribution < 1.29 is 14.7 Å². The van der Waals surface area contributed by atoms with E-state index < -0.39 is 11.9 Å². The lowest BCUT2D eigenvalue weighted by atomic mass is 9.84. The van der Waals surface area contributed by atoms with E-state index in [1.54, 1.807) is 0 Å². The first-order valence-corrected chi connectivity index (χ1v) is 7.90. The van der Waals surface area contributed by atoms with Gasteiger partial charge in [0, 0.05) is 12.1 Å². The van der Waals surface area contributed by atoms with Crippen molar-refractivity contribution in [2.24, 2.45) is 11.8 Å². The Morgan fingerprint density at radius 3 is 2.55 bits per heavy atom. The van der Waals surface area contributed by atoms with Crippen LogP contribution in [0.5, 0.6) is 0 Å². The van der Waals surface area contributed by atoms with Gasteiger partial charge in [-0.05, 0) is 31.6 Å². The molecule has 2 amide bonds. The van der Waals surface area contributed by atoms with Gasteiger partial charge in [-0.1, -0.05) is 32.6 Å². The number of carboxylic acids is 1. The molecule has 4 unspecified atom stereocenters. The molecule has 2 saturated carbocycles. The fourth-order valence-electron chi connectivity index (χ4n) is 3.62. The number of aliphatic carboxylic acids is 1. The second-order valence-corrected chi connectivity index (χ2v) is 6.24. The van der Waals surface area contributed by atoms with Gasteiger partial charge in [-0.25, -0.2) is 4.79 Å². The van der Waals surface area contributed by atoms with Gasteiger partial charge in [-0.3, -0.25) is 4.79 Å². The lowest BCUT2D eigenvalue weighted by molar-refractivity contribution is -0.142. The number of carbonyl (C=O) groups is 2. The van der Waals surface area contributed by atoms with Crippen molar-refractivity contribution in [3.8, 4) is 0 Å². The zero-order chi connectivity index (χ0) is 14.5. The van der Waals surface area contributed by atoms with Crippen LogP contribution in [0, 0.1) is 11.8 Å². The van der Waals surface area contributed by atoms with E-state index in [4.69, 9.17) is 5.11 Å². The lowest BCUT2D eigenvalue weighted by Crippen LogP contribution is -2.49. The quantitative estimate of drug-likeness (QED) is 0.741. The SMILES string of the molecule is CCC1CCCC(NC(=O)NC2CCCC2C(=O)O)C1. The summed E-state index contributed by atoms with van der Waals surface area (Å²) in [5, 5.41) is 15.0. The standard InChI is InChI=1S/C15H26N2O3/c1-2-10-5-3-6-11(9-10)16-15(20)17-13-8-4-7-12(13)14(18)19/h10-13H,2-9H2,1H3,(H,18,19)(H2,16,17,20). The normalized spacial score (nSPS) is 33.6. The fourth-order valence-corrected chi connectivity index (χ4v) is 3.62. The number of nitrogens with one attached hydrogen (secondary N) is 2. The number of rotatable bonds is 4. The maximum absolute atomic E-state index is 12.0. The van der Waals surface area contributed by atoms with E-state index in [-0.39, 0.29) is 18.1 Å². The molecule has 2 rings (SSSR count). The molecule has 0 heterocycles. The van der Waals surface area contributed by atoms with Crippen LogP contribution in [0.25, 0.3) is 0 Å². The summed E-state index contributed by atoms with van der Waals surface area (Å²) in [4.78, 5) is 23.1. The first kappa shape index (κ1) is 15.1. The minimum absolute atomic E-state index is 0.190. The molecule has 4 atom stereocenters. The largest absolute Gasteiger partial charge is 0.481 e. The van der Waals surface area contributed by atoms with Gasteiger partial charge in [0.2, 0.25) is 0 Å². The van der Waals surface area contributed by atoms with Crippen LogP contribution >= 0.6 is 0 Å². The van der Waals surface area contributed by atoms with E-state index in [0.717, 1.165) is 25.7 Å². The van der Waals surface area contributed by atoms with Crippen molar-refractivity contribution in [2.45, 2.75) is 70.4 Å². The van der Waals surface area contributed by atoms with Crippen molar-refractivity contribution in [1.29, 1.82) is 0 Å². The Bertz CT molecular complexity index is 359. The first-order chi connectivity index (χ1) is 9.60. The summed E-state index contributed by atoms with van der Waals surface area (Å²) >= 11 is 0. The van der Waals surface area contributed by atoms with E-state index in [2.05, 4.69) is 17.6 Å². The third kappa shape index (κ3) is 3.87. The molecule has 114 valence electrons. The van der Waals surface area contributed by atoms with E-state index in [1.807, 2.05) is 0 Å². The number of amides is 2. The average molecular weight is 282 g/mol. The second-order valence-electron chi connectivity index (χ2n) is 6.24. The molecule has 0 aromatic heterocycles. The third-order valence-electron chi connectivity index (χ3n) is 4.85. The van der Waals surface area contributed by atoms with Gasteiger partial charge in [0.1, 0.15) is 0 Å². The van der Waals surface area contributed by atoms with Gasteiger partial charge < -0.3 is 15.7 Å². The molecule has 0 aliphatic heterocycles. The van der Waals surface area contributed by atoms with Gasteiger partial charge in [0.15, 0.2) is 0 Å². The van der Waals surface area contributed by atoms with E-state index in [0.29, 0.717) is 12.3 Å². The van der Waals surface area contributed by atoms with E-state index in [9.17, 15) is 9.59 Å². The summed E-state index contributed by atoms with van der Waals surface area (Å²) in [5.74, 6) is -0.501. The Labute approximate surface area is 120 Å². The number of carbonyl (C=O) groups excluding carboxylic acids is 1. The molecule has 0 saturated heterocycles. The number of urea groups is 1. The Kier molecular flexibility index (Phi) is 5.26. The average Bonchev–Trinajstić information content (AvgIpc) is 2.87. The molecule has 3 N–H and O–H groups in total. The smallest absolute Gasteiger partial charge is 0.315 e. The molecule has 0 spiro atoms.